The van der Waals surface area contributed by atoms with Crippen LogP contribution in [0.4, 0.5) is 4.79 Å². The maximum atomic E-state index is 12.7. The van der Waals surface area contributed by atoms with E-state index in [1.807, 2.05) is 4.90 Å². The Hall–Kier alpha value is -1.26. The SMILES string of the molecule is CC(C)CCNC(=O)N1CCC[C@H]1C(=O)N1CCC(C)CC1. The minimum atomic E-state index is -0.243. The summed E-state index contributed by atoms with van der Waals surface area (Å²) in [5.41, 5.74) is 0. The van der Waals surface area contributed by atoms with E-state index in [4.69, 9.17) is 0 Å². The standard InChI is InChI=1S/C17H31N3O2/c1-13(2)6-9-18-17(22)20-10-4-5-15(20)16(21)19-11-7-14(3)8-12-19/h13-15H,4-12H2,1-3H3,(H,18,22)/t15-/m0/s1. The number of urea groups is 1. The van der Waals surface area contributed by atoms with Crippen LogP contribution in [0.3, 0.4) is 0 Å². The second-order valence-corrected chi connectivity index (χ2v) is 7.27. The van der Waals surface area contributed by atoms with Crippen LogP contribution in [-0.4, -0.2) is 54.0 Å². The number of nitrogens with zero attached hydrogens (tertiary/aromatic N) is 2. The molecule has 5 nitrogen and oxygen atoms in total. The molecule has 22 heavy (non-hydrogen) atoms. The lowest BCUT2D eigenvalue weighted by Gasteiger charge is -2.34. The number of amides is 3. The van der Waals surface area contributed by atoms with Crippen molar-refractivity contribution in [1.82, 2.24) is 15.1 Å². The van der Waals surface area contributed by atoms with Crippen LogP contribution in [0.5, 0.6) is 0 Å². The summed E-state index contributed by atoms with van der Waals surface area (Å²) in [4.78, 5) is 28.7. The largest absolute Gasteiger partial charge is 0.341 e. The van der Waals surface area contributed by atoms with Crippen LogP contribution in [-0.2, 0) is 4.79 Å². The highest BCUT2D eigenvalue weighted by Gasteiger charge is 2.37. The highest BCUT2D eigenvalue weighted by molar-refractivity contribution is 5.87. The molecular formula is C17H31N3O2. The Morgan fingerprint density at radius 3 is 2.45 bits per heavy atom. The minimum absolute atomic E-state index is 0.0677. The van der Waals surface area contributed by atoms with E-state index in [1.54, 1.807) is 4.90 Å². The zero-order valence-corrected chi connectivity index (χ0v) is 14.3. The predicted molar refractivity (Wildman–Crippen MR) is 87.6 cm³/mol. The number of nitrogens with one attached hydrogen (secondary N) is 1. The van der Waals surface area contributed by atoms with Gasteiger partial charge >= 0.3 is 6.03 Å². The minimum Gasteiger partial charge on any atom is -0.341 e. The van der Waals surface area contributed by atoms with E-state index < -0.39 is 0 Å². The summed E-state index contributed by atoms with van der Waals surface area (Å²) in [7, 11) is 0. The van der Waals surface area contributed by atoms with Gasteiger partial charge in [0, 0.05) is 26.2 Å². The highest BCUT2D eigenvalue weighted by atomic mass is 16.2. The van der Waals surface area contributed by atoms with Gasteiger partial charge in [-0.25, -0.2) is 4.79 Å². The Morgan fingerprint density at radius 1 is 1.14 bits per heavy atom. The van der Waals surface area contributed by atoms with Crippen molar-refractivity contribution in [2.75, 3.05) is 26.2 Å². The van der Waals surface area contributed by atoms with Crippen LogP contribution in [0.25, 0.3) is 0 Å². The molecule has 1 atom stereocenters. The fourth-order valence-electron chi connectivity index (χ4n) is 3.28. The third-order valence-electron chi connectivity index (χ3n) is 4.89. The van der Waals surface area contributed by atoms with Crippen molar-refractivity contribution in [2.24, 2.45) is 11.8 Å². The van der Waals surface area contributed by atoms with Crippen molar-refractivity contribution >= 4 is 11.9 Å². The Bertz CT molecular complexity index is 389. The van der Waals surface area contributed by atoms with Gasteiger partial charge in [-0.05, 0) is 43.9 Å². The lowest BCUT2D eigenvalue weighted by molar-refractivity contribution is -0.136. The molecule has 0 radical (unpaired) electrons. The van der Waals surface area contributed by atoms with Crippen LogP contribution in [0, 0.1) is 11.8 Å². The first-order valence-corrected chi connectivity index (χ1v) is 8.82. The maximum absolute atomic E-state index is 12.7. The van der Waals surface area contributed by atoms with Gasteiger partial charge in [-0.2, -0.15) is 0 Å². The Morgan fingerprint density at radius 2 is 1.82 bits per heavy atom. The van der Waals surface area contributed by atoms with E-state index in [-0.39, 0.29) is 18.0 Å². The second kappa shape index (κ2) is 7.84. The zero-order valence-electron chi connectivity index (χ0n) is 14.3. The summed E-state index contributed by atoms with van der Waals surface area (Å²) >= 11 is 0. The van der Waals surface area contributed by atoms with Crippen molar-refractivity contribution in [3.05, 3.63) is 0 Å². The first-order chi connectivity index (χ1) is 10.5. The Labute approximate surface area is 134 Å². The van der Waals surface area contributed by atoms with Gasteiger partial charge < -0.3 is 15.1 Å². The van der Waals surface area contributed by atoms with Gasteiger partial charge in [0.1, 0.15) is 6.04 Å². The van der Waals surface area contributed by atoms with Crippen molar-refractivity contribution in [2.45, 2.75) is 58.9 Å². The van der Waals surface area contributed by atoms with E-state index in [0.29, 0.717) is 24.9 Å². The molecule has 1 N–H and O–H groups in total. The molecule has 0 aliphatic carbocycles. The van der Waals surface area contributed by atoms with Crippen molar-refractivity contribution in [3.8, 4) is 0 Å². The van der Waals surface area contributed by atoms with Crippen LogP contribution in [0.2, 0.25) is 0 Å². The molecule has 0 aromatic carbocycles. The molecule has 5 heteroatoms. The van der Waals surface area contributed by atoms with Gasteiger partial charge in [-0.3, -0.25) is 4.79 Å². The number of likely N-dealkylation sites (tertiary alicyclic amines) is 2. The summed E-state index contributed by atoms with van der Waals surface area (Å²) in [6.07, 6.45) is 4.88. The number of rotatable bonds is 4. The van der Waals surface area contributed by atoms with Gasteiger partial charge in [0.2, 0.25) is 5.91 Å². The monoisotopic (exact) mass is 309 g/mol. The van der Waals surface area contributed by atoms with Crippen LogP contribution in [0.15, 0.2) is 0 Å². The predicted octanol–water partition coefficient (Wildman–Crippen LogP) is 2.46. The van der Waals surface area contributed by atoms with Crippen molar-refractivity contribution in [3.63, 3.8) is 0 Å². The molecular weight excluding hydrogens is 278 g/mol. The molecule has 0 saturated carbocycles. The topological polar surface area (TPSA) is 52.7 Å². The van der Waals surface area contributed by atoms with Gasteiger partial charge in [-0.15, -0.1) is 0 Å². The molecule has 0 spiro atoms. The molecule has 2 rings (SSSR count). The fourth-order valence-corrected chi connectivity index (χ4v) is 3.28. The molecule has 2 aliphatic heterocycles. The van der Waals surface area contributed by atoms with Crippen LogP contribution < -0.4 is 5.32 Å². The molecule has 2 heterocycles. The summed E-state index contributed by atoms with van der Waals surface area (Å²) in [6, 6.07) is -0.311. The average Bonchev–Trinajstić information content (AvgIpc) is 2.96. The molecule has 126 valence electrons. The molecule has 0 bridgehead atoms. The lowest BCUT2D eigenvalue weighted by atomic mass is 9.98. The zero-order chi connectivity index (χ0) is 16.1. The van der Waals surface area contributed by atoms with Crippen molar-refractivity contribution < 1.29 is 9.59 Å². The lowest BCUT2D eigenvalue weighted by Crippen LogP contribution is -2.52. The number of hydrogen-bond donors (Lipinski definition) is 1. The van der Waals surface area contributed by atoms with Crippen LogP contribution in [0.1, 0.15) is 52.9 Å². The number of piperidine rings is 1. The fraction of sp³-hybridized carbons (Fsp3) is 0.882. The maximum Gasteiger partial charge on any atom is 0.318 e. The van der Waals surface area contributed by atoms with E-state index in [0.717, 1.165) is 45.2 Å². The molecule has 0 unspecified atom stereocenters. The second-order valence-electron chi connectivity index (χ2n) is 7.27. The van der Waals surface area contributed by atoms with Gasteiger partial charge in [0.05, 0.1) is 0 Å². The van der Waals surface area contributed by atoms with E-state index in [1.165, 1.54) is 0 Å². The molecule has 2 fully saturated rings. The summed E-state index contributed by atoms with van der Waals surface area (Å²) in [6.45, 7) is 9.62. The third-order valence-corrected chi connectivity index (χ3v) is 4.89. The van der Waals surface area contributed by atoms with E-state index in [2.05, 4.69) is 26.1 Å². The molecule has 0 aromatic heterocycles. The smallest absolute Gasteiger partial charge is 0.318 e. The Balaban J connectivity index is 1.86. The molecule has 0 aromatic rings. The number of hydrogen-bond acceptors (Lipinski definition) is 2. The normalized spacial score (nSPS) is 23.2. The van der Waals surface area contributed by atoms with Crippen LogP contribution >= 0.6 is 0 Å². The van der Waals surface area contributed by atoms with Gasteiger partial charge in [0.25, 0.3) is 0 Å². The summed E-state index contributed by atoms with van der Waals surface area (Å²) in [5.74, 6) is 1.44. The number of carbonyl (C=O) groups is 2. The quantitative estimate of drug-likeness (QED) is 0.867. The van der Waals surface area contributed by atoms with E-state index >= 15 is 0 Å². The van der Waals surface area contributed by atoms with Crippen molar-refractivity contribution in [1.29, 1.82) is 0 Å². The van der Waals surface area contributed by atoms with E-state index in [9.17, 15) is 9.59 Å². The first-order valence-electron chi connectivity index (χ1n) is 8.82. The summed E-state index contributed by atoms with van der Waals surface area (Å²) in [5, 5.41) is 2.97. The molecule has 2 aliphatic rings. The first kappa shape index (κ1) is 17.1. The average molecular weight is 309 g/mol. The summed E-state index contributed by atoms with van der Waals surface area (Å²) < 4.78 is 0. The number of carbonyl (C=O) groups excluding carboxylic acids is 2. The van der Waals surface area contributed by atoms with Gasteiger partial charge in [0.15, 0.2) is 0 Å². The molecule has 3 amide bonds. The third kappa shape index (κ3) is 4.37. The Kier molecular flexibility index (Phi) is 6.09. The molecule has 2 saturated heterocycles. The van der Waals surface area contributed by atoms with Gasteiger partial charge in [-0.1, -0.05) is 20.8 Å². The highest BCUT2D eigenvalue weighted by Crippen LogP contribution is 2.23.